The molecule has 0 aliphatic carbocycles. The van der Waals surface area contributed by atoms with E-state index >= 15 is 0 Å². The molecule has 0 atom stereocenters. The molecule has 0 saturated carbocycles. The SMILES string of the molecule is COc1c(O)cc(O)c2c(=O)cc(-c3ccc(F)cc3)oc12. The molecule has 112 valence electrons. The van der Waals surface area contributed by atoms with Crippen molar-refractivity contribution >= 4 is 11.0 Å². The second kappa shape index (κ2) is 5.07. The summed E-state index contributed by atoms with van der Waals surface area (Å²) in [6.45, 7) is 0. The van der Waals surface area contributed by atoms with Gasteiger partial charge in [0.05, 0.1) is 7.11 Å². The number of hydrogen-bond donors (Lipinski definition) is 2. The van der Waals surface area contributed by atoms with Crippen LogP contribution in [0, 0.1) is 5.82 Å². The molecule has 0 amide bonds. The zero-order valence-corrected chi connectivity index (χ0v) is 11.5. The highest BCUT2D eigenvalue weighted by Crippen LogP contribution is 2.40. The predicted octanol–water partition coefficient (Wildman–Crippen LogP) is 3.02. The zero-order chi connectivity index (χ0) is 15.9. The number of phenols is 2. The Morgan fingerprint density at radius 1 is 1.09 bits per heavy atom. The largest absolute Gasteiger partial charge is 0.507 e. The van der Waals surface area contributed by atoms with Crippen LogP contribution in [0.5, 0.6) is 17.2 Å². The number of benzene rings is 2. The Kier molecular flexibility index (Phi) is 3.21. The van der Waals surface area contributed by atoms with Gasteiger partial charge in [0.15, 0.2) is 16.8 Å². The van der Waals surface area contributed by atoms with Crippen LogP contribution in [0.3, 0.4) is 0 Å². The fourth-order valence-corrected chi connectivity index (χ4v) is 2.23. The van der Waals surface area contributed by atoms with Crippen molar-refractivity contribution in [1.29, 1.82) is 0 Å². The van der Waals surface area contributed by atoms with E-state index in [1.54, 1.807) is 0 Å². The first-order valence-corrected chi connectivity index (χ1v) is 6.34. The van der Waals surface area contributed by atoms with Gasteiger partial charge in [-0.05, 0) is 24.3 Å². The first-order valence-electron chi connectivity index (χ1n) is 6.34. The number of phenolic OH excluding ortho intramolecular Hbond substituents is 2. The highest BCUT2D eigenvalue weighted by atomic mass is 19.1. The molecule has 0 bridgehead atoms. The lowest BCUT2D eigenvalue weighted by Gasteiger charge is -2.09. The Balaban J connectivity index is 2.36. The maximum atomic E-state index is 13.0. The van der Waals surface area contributed by atoms with E-state index in [2.05, 4.69) is 0 Å². The second-order valence-electron chi connectivity index (χ2n) is 4.63. The molecule has 0 fully saturated rings. The number of rotatable bonds is 2. The Morgan fingerprint density at radius 3 is 2.41 bits per heavy atom. The highest BCUT2D eigenvalue weighted by molar-refractivity contribution is 5.91. The minimum absolute atomic E-state index is 0.0612. The number of halogens is 1. The molecular formula is C16H11FO5. The predicted molar refractivity (Wildman–Crippen MR) is 77.8 cm³/mol. The van der Waals surface area contributed by atoms with Crippen molar-refractivity contribution in [2.45, 2.75) is 0 Å². The number of fused-ring (bicyclic) bond motifs is 1. The number of aromatic hydroxyl groups is 2. The van der Waals surface area contributed by atoms with E-state index in [1.165, 1.54) is 37.4 Å². The standard InChI is InChI=1S/C16H11FO5/c1-21-15-12(20)6-10(18)14-11(19)7-13(22-16(14)15)8-2-4-9(17)5-3-8/h2-7,18,20H,1H3. The molecule has 3 aromatic rings. The molecular weight excluding hydrogens is 291 g/mol. The van der Waals surface area contributed by atoms with Gasteiger partial charge in [-0.2, -0.15) is 0 Å². The first kappa shape index (κ1) is 13.9. The first-order chi connectivity index (χ1) is 10.5. The molecule has 1 aromatic heterocycles. The lowest BCUT2D eigenvalue weighted by molar-refractivity contribution is 0.367. The molecule has 2 aromatic carbocycles. The monoisotopic (exact) mass is 302 g/mol. The molecule has 5 nitrogen and oxygen atoms in total. The second-order valence-corrected chi connectivity index (χ2v) is 4.63. The maximum Gasteiger partial charge on any atom is 0.204 e. The molecule has 0 aliphatic heterocycles. The Hall–Kier alpha value is -3.02. The molecule has 2 N–H and O–H groups in total. The molecule has 6 heteroatoms. The number of methoxy groups -OCH3 is 1. The van der Waals surface area contributed by atoms with E-state index in [4.69, 9.17) is 9.15 Å². The average Bonchev–Trinajstić information content (AvgIpc) is 2.47. The summed E-state index contributed by atoms with van der Waals surface area (Å²) in [5.41, 5.74) is -0.103. The topological polar surface area (TPSA) is 79.9 Å². The minimum atomic E-state index is -0.503. The van der Waals surface area contributed by atoms with Crippen molar-refractivity contribution in [3.8, 4) is 28.6 Å². The van der Waals surface area contributed by atoms with Crippen LogP contribution >= 0.6 is 0 Å². The van der Waals surface area contributed by atoms with Crippen LogP contribution in [0.15, 0.2) is 45.6 Å². The van der Waals surface area contributed by atoms with Crippen LogP contribution in [-0.2, 0) is 0 Å². The quantitative estimate of drug-likeness (QED) is 0.760. The van der Waals surface area contributed by atoms with E-state index in [-0.39, 0.29) is 28.2 Å². The van der Waals surface area contributed by atoms with E-state index in [1.807, 2.05) is 0 Å². The lowest BCUT2D eigenvalue weighted by atomic mass is 10.1. The molecule has 0 radical (unpaired) electrons. The summed E-state index contributed by atoms with van der Waals surface area (Å²) in [5, 5.41) is 19.5. The van der Waals surface area contributed by atoms with Crippen LogP contribution in [0.1, 0.15) is 0 Å². The van der Waals surface area contributed by atoms with Gasteiger partial charge in [-0.3, -0.25) is 4.79 Å². The lowest BCUT2D eigenvalue weighted by Crippen LogP contribution is -2.02. The molecule has 0 spiro atoms. The van der Waals surface area contributed by atoms with Gasteiger partial charge < -0.3 is 19.4 Å². The van der Waals surface area contributed by atoms with Gasteiger partial charge >= 0.3 is 0 Å². The van der Waals surface area contributed by atoms with E-state index in [0.717, 1.165) is 6.07 Å². The van der Waals surface area contributed by atoms with Crippen LogP contribution < -0.4 is 10.2 Å². The summed E-state index contributed by atoms with van der Waals surface area (Å²) < 4.78 is 23.6. The number of ether oxygens (including phenoxy) is 1. The number of hydrogen-bond acceptors (Lipinski definition) is 5. The Bertz CT molecular complexity index is 912. The molecule has 0 saturated heterocycles. The van der Waals surface area contributed by atoms with Gasteiger partial charge in [-0.25, -0.2) is 4.39 Å². The Labute approximate surface area is 123 Å². The molecule has 0 aliphatic rings. The summed E-state index contributed by atoms with van der Waals surface area (Å²) in [6, 6.07) is 7.57. The normalized spacial score (nSPS) is 10.8. The summed E-state index contributed by atoms with van der Waals surface area (Å²) in [4.78, 5) is 12.2. The van der Waals surface area contributed by atoms with Crippen molar-refractivity contribution in [3.05, 3.63) is 52.4 Å². The van der Waals surface area contributed by atoms with E-state index in [0.29, 0.717) is 5.56 Å². The maximum absolute atomic E-state index is 13.0. The van der Waals surface area contributed by atoms with Crippen LogP contribution in [0.2, 0.25) is 0 Å². The van der Waals surface area contributed by atoms with Crippen molar-refractivity contribution in [1.82, 2.24) is 0 Å². The van der Waals surface area contributed by atoms with Crippen molar-refractivity contribution in [2.75, 3.05) is 7.11 Å². The summed E-state index contributed by atoms with van der Waals surface area (Å²) in [5.74, 6) is -1.07. The van der Waals surface area contributed by atoms with Gasteiger partial charge in [0.2, 0.25) is 5.75 Å². The van der Waals surface area contributed by atoms with E-state index in [9.17, 15) is 19.4 Å². The fourth-order valence-electron chi connectivity index (χ4n) is 2.23. The summed E-state index contributed by atoms with van der Waals surface area (Å²) in [7, 11) is 1.30. The molecule has 1 heterocycles. The van der Waals surface area contributed by atoms with Crippen molar-refractivity contribution < 1.29 is 23.8 Å². The molecule has 22 heavy (non-hydrogen) atoms. The zero-order valence-electron chi connectivity index (χ0n) is 11.5. The van der Waals surface area contributed by atoms with Gasteiger partial charge in [0.25, 0.3) is 0 Å². The fraction of sp³-hybridized carbons (Fsp3) is 0.0625. The minimum Gasteiger partial charge on any atom is -0.507 e. The van der Waals surface area contributed by atoms with Gasteiger partial charge in [-0.15, -0.1) is 0 Å². The Morgan fingerprint density at radius 2 is 1.77 bits per heavy atom. The molecule has 0 unspecified atom stereocenters. The van der Waals surface area contributed by atoms with Crippen molar-refractivity contribution in [2.24, 2.45) is 0 Å². The third kappa shape index (κ3) is 2.14. The van der Waals surface area contributed by atoms with Gasteiger partial charge in [0, 0.05) is 17.7 Å². The highest BCUT2D eigenvalue weighted by Gasteiger charge is 2.18. The van der Waals surface area contributed by atoms with E-state index < -0.39 is 17.0 Å². The smallest absolute Gasteiger partial charge is 0.204 e. The third-order valence-corrected chi connectivity index (χ3v) is 3.25. The summed E-state index contributed by atoms with van der Waals surface area (Å²) >= 11 is 0. The van der Waals surface area contributed by atoms with Crippen LogP contribution in [0.4, 0.5) is 4.39 Å². The summed E-state index contributed by atoms with van der Waals surface area (Å²) in [6.07, 6.45) is 0. The van der Waals surface area contributed by atoms with Crippen LogP contribution in [-0.4, -0.2) is 17.3 Å². The third-order valence-electron chi connectivity index (χ3n) is 3.25. The van der Waals surface area contributed by atoms with Crippen LogP contribution in [0.25, 0.3) is 22.3 Å². The van der Waals surface area contributed by atoms with Gasteiger partial charge in [-0.1, -0.05) is 0 Å². The molecule has 3 rings (SSSR count). The van der Waals surface area contributed by atoms with Crippen molar-refractivity contribution in [3.63, 3.8) is 0 Å². The average molecular weight is 302 g/mol. The van der Waals surface area contributed by atoms with Gasteiger partial charge in [0.1, 0.15) is 22.7 Å².